The minimum Gasteiger partial charge on any atom is -0.453 e. The first-order valence-corrected chi connectivity index (χ1v) is 11.8. The number of imidazole rings is 1. The van der Waals surface area contributed by atoms with E-state index in [1.54, 1.807) is 4.90 Å². The first-order valence-electron chi connectivity index (χ1n) is 11.4. The number of carbonyl (C=O) groups excluding carboxylic acids is 2. The minimum atomic E-state index is -0.677. The van der Waals surface area contributed by atoms with Crippen LogP contribution >= 0.6 is 11.6 Å². The van der Waals surface area contributed by atoms with Gasteiger partial charge in [-0.15, -0.1) is 0 Å². The molecule has 0 aliphatic carbocycles. The highest BCUT2D eigenvalue weighted by molar-refractivity contribution is 6.31. The van der Waals surface area contributed by atoms with E-state index in [1.165, 1.54) is 7.11 Å². The topological polar surface area (TPSA) is 87.3 Å². The van der Waals surface area contributed by atoms with Crippen LogP contribution in [0.5, 0.6) is 0 Å². The molecule has 3 aromatic rings. The van der Waals surface area contributed by atoms with Gasteiger partial charge in [0.15, 0.2) is 0 Å². The van der Waals surface area contributed by atoms with Gasteiger partial charge in [-0.25, -0.2) is 9.78 Å². The highest BCUT2D eigenvalue weighted by atomic mass is 35.5. The average molecular weight is 481 g/mol. The number of hydrogen-bond donors (Lipinski definition) is 2. The van der Waals surface area contributed by atoms with E-state index in [0.29, 0.717) is 23.2 Å². The van der Waals surface area contributed by atoms with Crippen molar-refractivity contribution in [1.82, 2.24) is 20.2 Å². The number of ether oxygens (including phenoxy) is 1. The third-order valence-electron chi connectivity index (χ3n) is 6.19. The lowest BCUT2D eigenvalue weighted by atomic mass is 10.0. The van der Waals surface area contributed by atoms with Gasteiger partial charge in [0.1, 0.15) is 22.7 Å². The molecule has 1 fully saturated rings. The molecule has 8 heteroatoms. The lowest BCUT2D eigenvalue weighted by Gasteiger charge is -2.29. The summed E-state index contributed by atoms with van der Waals surface area (Å²) in [5.41, 5.74) is 3.81. The maximum absolute atomic E-state index is 13.3. The molecule has 0 bridgehead atoms. The van der Waals surface area contributed by atoms with Gasteiger partial charge in [-0.1, -0.05) is 80.0 Å². The predicted octanol–water partition coefficient (Wildman–Crippen LogP) is 5.44. The van der Waals surface area contributed by atoms with Gasteiger partial charge in [0.2, 0.25) is 5.91 Å². The first-order chi connectivity index (χ1) is 16.4. The van der Waals surface area contributed by atoms with Crippen LogP contribution in [0.3, 0.4) is 0 Å². The van der Waals surface area contributed by atoms with Crippen LogP contribution < -0.4 is 5.32 Å². The summed E-state index contributed by atoms with van der Waals surface area (Å²) in [6, 6.07) is 17.3. The number of benzene rings is 2. The average Bonchev–Trinajstić information content (AvgIpc) is 3.49. The van der Waals surface area contributed by atoms with Crippen LogP contribution in [0.15, 0.2) is 54.6 Å². The lowest BCUT2D eigenvalue weighted by molar-refractivity contribution is -0.135. The Hall–Kier alpha value is -3.32. The van der Waals surface area contributed by atoms with Crippen molar-refractivity contribution in [3.8, 4) is 22.4 Å². The SMILES string of the molecule is COC(=O)N[C@H](C(=O)N1CCC[C@H]1c1nc(-c2ccc(-c3ccccc3)cc2)c(Cl)[nH]1)C(C)C. The van der Waals surface area contributed by atoms with Crippen LogP contribution in [0.1, 0.15) is 38.6 Å². The number of nitrogens with one attached hydrogen (secondary N) is 2. The van der Waals surface area contributed by atoms with Gasteiger partial charge in [-0.3, -0.25) is 4.79 Å². The molecule has 7 nitrogen and oxygen atoms in total. The molecule has 2 aromatic carbocycles. The number of amides is 2. The second-order valence-corrected chi connectivity index (χ2v) is 9.15. The van der Waals surface area contributed by atoms with Crippen LogP contribution in [0.2, 0.25) is 5.15 Å². The van der Waals surface area contributed by atoms with Crippen LogP contribution in [0.25, 0.3) is 22.4 Å². The van der Waals surface area contributed by atoms with E-state index in [9.17, 15) is 9.59 Å². The van der Waals surface area contributed by atoms with Gasteiger partial charge in [-0.05, 0) is 29.9 Å². The Bertz CT molecular complexity index is 1140. The zero-order valence-corrected chi connectivity index (χ0v) is 20.3. The Kier molecular flexibility index (Phi) is 7.22. The van der Waals surface area contributed by atoms with Gasteiger partial charge in [0.25, 0.3) is 0 Å². The van der Waals surface area contributed by atoms with E-state index >= 15 is 0 Å². The molecule has 4 rings (SSSR count). The standard InChI is InChI=1S/C26H29ClN4O3/c1-16(2)21(29-26(33)34-3)25(32)31-15-7-10-20(31)24-28-22(23(27)30-24)19-13-11-18(12-14-19)17-8-5-4-6-9-17/h4-6,8-9,11-14,16,20-21H,7,10,15H2,1-3H3,(H,28,30)(H,29,33)/t20-,21-/m0/s1. The van der Waals surface area contributed by atoms with Gasteiger partial charge in [0, 0.05) is 12.1 Å². The molecular formula is C26H29ClN4O3. The highest BCUT2D eigenvalue weighted by Crippen LogP contribution is 2.35. The largest absolute Gasteiger partial charge is 0.453 e. The van der Waals surface area contributed by atoms with Gasteiger partial charge < -0.3 is 19.9 Å². The molecule has 0 spiro atoms. The zero-order valence-electron chi connectivity index (χ0n) is 19.5. The van der Waals surface area contributed by atoms with Gasteiger partial charge >= 0.3 is 6.09 Å². The Balaban J connectivity index is 1.56. The van der Waals surface area contributed by atoms with Crippen molar-refractivity contribution in [3.05, 3.63) is 65.6 Å². The Morgan fingerprint density at radius 3 is 2.38 bits per heavy atom. The summed E-state index contributed by atoms with van der Waals surface area (Å²) in [4.78, 5) is 34.9. The number of rotatable bonds is 6. The molecule has 1 aliphatic rings. The number of aromatic nitrogens is 2. The number of hydrogen-bond acceptors (Lipinski definition) is 4. The molecule has 1 saturated heterocycles. The van der Waals surface area contributed by atoms with Crippen molar-refractivity contribution >= 4 is 23.6 Å². The Morgan fingerprint density at radius 2 is 1.74 bits per heavy atom. The minimum absolute atomic E-state index is 0.0910. The number of likely N-dealkylation sites (tertiary alicyclic amines) is 1. The van der Waals surface area contributed by atoms with E-state index in [1.807, 2.05) is 56.3 Å². The molecule has 2 atom stereocenters. The quantitative estimate of drug-likeness (QED) is 0.491. The maximum atomic E-state index is 13.3. The van der Waals surface area contributed by atoms with E-state index < -0.39 is 12.1 Å². The molecular weight excluding hydrogens is 452 g/mol. The lowest BCUT2D eigenvalue weighted by Crippen LogP contribution is -2.51. The normalized spacial score (nSPS) is 16.5. The number of methoxy groups -OCH3 is 1. The highest BCUT2D eigenvalue weighted by Gasteiger charge is 2.37. The number of H-pyrrole nitrogens is 1. The Morgan fingerprint density at radius 1 is 1.09 bits per heavy atom. The molecule has 2 heterocycles. The molecule has 1 aliphatic heterocycles. The third-order valence-corrected chi connectivity index (χ3v) is 6.46. The van der Waals surface area contributed by atoms with Crippen molar-refractivity contribution < 1.29 is 14.3 Å². The smallest absolute Gasteiger partial charge is 0.407 e. The summed E-state index contributed by atoms with van der Waals surface area (Å²) in [7, 11) is 1.29. The molecule has 2 amide bonds. The summed E-state index contributed by atoms with van der Waals surface area (Å²) < 4.78 is 4.70. The molecule has 1 aromatic heterocycles. The molecule has 0 unspecified atom stereocenters. The number of alkyl carbamates (subject to hydrolysis) is 1. The first kappa shape index (κ1) is 23.8. The van der Waals surface area contributed by atoms with Crippen LogP contribution in [0, 0.1) is 5.92 Å². The predicted molar refractivity (Wildman–Crippen MR) is 132 cm³/mol. The van der Waals surface area contributed by atoms with Crippen molar-refractivity contribution in [2.24, 2.45) is 5.92 Å². The molecule has 0 saturated carbocycles. The molecule has 178 valence electrons. The molecule has 34 heavy (non-hydrogen) atoms. The fourth-order valence-electron chi connectivity index (χ4n) is 4.36. The summed E-state index contributed by atoms with van der Waals surface area (Å²) in [6.07, 6.45) is 0.995. The van der Waals surface area contributed by atoms with E-state index in [2.05, 4.69) is 22.4 Å². The van der Waals surface area contributed by atoms with Gasteiger partial charge in [-0.2, -0.15) is 0 Å². The Labute approximate surface area is 204 Å². The summed E-state index contributed by atoms with van der Waals surface area (Å²) in [5, 5.41) is 3.11. The summed E-state index contributed by atoms with van der Waals surface area (Å²) in [5.74, 6) is 0.412. The number of nitrogens with zero attached hydrogens (tertiary/aromatic N) is 2. The maximum Gasteiger partial charge on any atom is 0.407 e. The number of aromatic amines is 1. The molecule has 2 N–H and O–H groups in total. The van der Waals surface area contributed by atoms with E-state index in [4.69, 9.17) is 21.3 Å². The van der Waals surface area contributed by atoms with Crippen LogP contribution in [-0.4, -0.2) is 46.6 Å². The van der Waals surface area contributed by atoms with Crippen molar-refractivity contribution in [1.29, 1.82) is 0 Å². The second kappa shape index (κ2) is 10.3. The number of carbonyl (C=O) groups is 2. The third kappa shape index (κ3) is 4.94. The van der Waals surface area contributed by atoms with Crippen LogP contribution in [-0.2, 0) is 9.53 Å². The van der Waals surface area contributed by atoms with Gasteiger partial charge in [0.05, 0.1) is 13.2 Å². The number of halogens is 1. The van der Waals surface area contributed by atoms with Crippen LogP contribution in [0.4, 0.5) is 4.79 Å². The monoisotopic (exact) mass is 480 g/mol. The summed E-state index contributed by atoms with van der Waals surface area (Å²) >= 11 is 6.55. The van der Waals surface area contributed by atoms with Crippen molar-refractivity contribution in [3.63, 3.8) is 0 Å². The fraction of sp³-hybridized carbons (Fsp3) is 0.346. The van der Waals surface area contributed by atoms with Crippen molar-refractivity contribution in [2.75, 3.05) is 13.7 Å². The second-order valence-electron chi connectivity index (χ2n) is 8.78. The van der Waals surface area contributed by atoms with E-state index in [-0.39, 0.29) is 17.9 Å². The zero-order chi connectivity index (χ0) is 24.2. The molecule has 0 radical (unpaired) electrons. The van der Waals surface area contributed by atoms with Crippen molar-refractivity contribution in [2.45, 2.75) is 38.8 Å². The fourth-order valence-corrected chi connectivity index (χ4v) is 4.61. The summed E-state index contributed by atoms with van der Waals surface area (Å²) in [6.45, 7) is 4.38. The van der Waals surface area contributed by atoms with E-state index in [0.717, 1.165) is 29.5 Å².